The first-order chi connectivity index (χ1) is 16.4. The van der Waals surface area contributed by atoms with E-state index in [1.807, 2.05) is 30.3 Å². The standard InChI is InChI=1S/C26H24FN3O4/c1-3-33-26(32)24-14-20-22(11-19(28-16(2)31)12-23(20)30-24)29-18-9-10-21(27)25(13-18)34-15-17-7-5-4-6-8-17/h4-14,29-30H,3,15H2,1-2H3,(H,28,31). The van der Waals surface area contributed by atoms with Gasteiger partial charge >= 0.3 is 5.97 Å². The van der Waals surface area contributed by atoms with Gasteiger partial charge in [0.05, 0.1) is 17.8 Å². The maximum absolute atomic E-state index is 14.4. The second-order valence-electron chi connectivity index (χ2n) is 7.61. The molecule has 4 rings (SSSR count). The molecule has 7 nitrogen and oxygen atoms in total. The summed E-state index contributed by atoms with van der Waals surface area (Å²) < 4.78 is 25.2. The van der Waals surface area contributed by atoms with Gasteiger partial charge in [0.1, 0.15) is 12.3 Å². The number of ether oxygens (including phenoxy) is 2. The first kappa shape index (κ1) is 22.8. The van der Waals surface area contributed by atoms with Gasteiger partial charge in [-0.2, -0.15) is 0 Å². The van der Waals surface area contributed by atoms with Crippen LogP contribution in [0.3, 0.4) is 0 Å². The topological polar surface area (TPSA) is 92.4 Å². The molecule has 0 aliphatic rings. The van der Waals surface area contributed by atoms with Crippen LogP contribution in [0.2, 0.25) is 0 Å². The van der Waals surface area contributed by atoms with Crippen molar-refractivity contribution in [1.82, 2.24) is 4.98 Å². The number of nitrogens with one attached hydrogen (secondary N) is 3. The lowest BCUT2D eigenvalue weighted by Gasteiger charge is -2.13. The van der Waals surface area contributed by atoms with Crippen LogP contribution < -0.4 is 15.4 Å². The molecule has 0 bridgehead atoms. The lowest BCUT2D eigenvalue weighted by atomic mass is 10.1. The van der Waals surface area contributed by atoms with Crippen molar-refractivity contribution >= 4 is 39.8 Å². The molecule has 1 aromatic heterocycles. The molecule has 0 atom stereocenters. The van der Waals surface area contributed by atoms with Crippen molar-refractivity contribution in [2.45, 2.75) is 20.5 Å². The first-order valence-electron chi connectivity index (χ1n) is 10.8. The van der Waals surface area contributed by atoms with Gasteiger partial charge in [0.15, 0.2) is 11.6 Å². The van der Waals surface area contributed by atoms with Crippen molar-refractivity contribution in [2.24, 2.45) is 0 Å². The largest absolute Gasteiger partial charge is 0.486 e. The number of H-pyrrole nitrogens is 1. The van der Waals surface area contributed by atoms with Gasteiger partial charge in [-0.15, -0.1) is 0 Å². The molecule has 0 saturated carbocycles. The van der Waals surface area contributed by atoms with E-state index in [2.05, 4.69) is 15.6 Å². The molecule has 0 saturated heterocycles. The number of aromatic nitrogens is 1. The highest BCUT2D eigenvalue weighted by molar-refractivity contribution is 6.03. The molecule has 1 amide bonds. The maximum atomic E-state index is 14.4. The number of carbonyl (C=O) groups is 2. The van der Waals surface area contributed by atoms with E-state index in [0.29, 0.717) is 28.0 Å². The third-order valence-corrected chi connectivity index (χ3v) is 5.00. The van der Waals surface area contributed by atoms with Gasteiger partial charge in [-0.25, -0.2) is 9.18 Å². The van der Waals surface area contributed by atoms with Crippen LogP contribution in [0.1, 0.15) is 29.9 Å². The highest BCUT2D eigenvalue weighted by atomic mass is 19.1. The summed E-state index contributed by atoms with van der Waals surface area (Å²) in [4.78, 5) is 26.9. The molecule has 0 unspecified atom stereocenters. The number of anilines is 3. The Kier molecular flexibility index (Phi) is 6.77. The number of aromatic amines is 1. The summed E-state index contributed by atoms with van der Waals surface area (Å²) in [6.07, 6.45) is 0. The molecule has 0 fully saturated rings. The Bertz CT molecular complexity index is 1330. The predicted octanol–water partition coefficient (Wildman–Crippen LogP) is 5.76. The Balaban J connectivity index is 1.65. The monoisotopic (exact) mass is 461 g/mol. The lowest BCUT2D eigenvalue weighted by molar-refractivity contribution is -0.114. The summed E-state index contributed by atoms with van der Waals surface area (Å²) in [7, 11) is 0. The molecule has 4 aromatic rings. The van der Waals surface area contributed by atoms with Crippen molar-refractivity contribution in [3.63, 3.8) is 0 Å². The smallest absolute Gasteiger partial charge is 0.354 e. The Hall–Kier alpha value is -4.33. The van der Waals surface area contributed by atoms with Gasteiger partial charge in [-0.3, -0.25) is 4.79 Å². The molecule has 0 aliphatic carbocycles. The normalized spacial score (nSPS) is 10.7. The quantitative estimate of drug-likeness (QED) is 0.290. The number of fused-ring (bicyclic) bond motifs is 1. The molecule has 3 N–H and O–H groups in total. The van der Waals surface area contributed by atoms with Crippen LogP contribution in [0.25, 0.3) is 10.9 Å². The van der Waals surface area contributed by atoms with E-state index >= 15 is 0 Å². The van der Waals surface area contributed by atoms with Crippen LogP contribution in [-0.4, -0.2) is 23.5 Å². The van der Waals surface area contributed by atoms with E-state index in [1.54, 1.807) is 37.3 Å². The van der Waals surface area contributed by atoms with Gasteiger partial charge in [-0.05, 0) is 42.8 Å². The zero-order valence-corrected chi connectivity index (χ0v) is 18.8. The van der Waals surface area contributed by atoms with Gasteiger partial charge in [0, 0.05) is 29.8 Å². The lowest BCUT2D eigenvalue weighted by Crippen LogP contribution is -2.06. The highest BCUT2D eigenvalue weighted by Crippen LogP contribution is 2.33. The fourth-order valence-corrected chi connectivity index (χ4v) is 3.52. The Morgan fingerprint density at radius 2 is 1.79 bits per heavy atom. The third-order valence-electron chi connectivity index (χ3n) is 5.00. The van der Waals surface area contributed by atoms with E-state index in [-0.39, 0.29) is 30.6 Å². The first-order valence-corrected chi connectivity index (χ1v) is 10.8. The Morgan fingerprint density at radius 3 is 2.53 bits per heavy atom. The number of carbonyl (C=O) groups excluding carboxylic acids is 2. The van der Waals surface area contributed by atoms with Crippen LogP contribution in [-0.2, 0) is 16.1 Å². The molecular weight excluding hydrogens is 437 g/mol. The zero-order chi connectivity index (χ0) is 24.1. The third kappa shape index (κ3) is 5.35. The predicted molar refractivity (Wildman–Crippen MR) is 129 cm³/mol. The van der Waals surface area contributed by atoms with Crippen molar-refractivity contribution in [3.05, 3.63) is 83.8 Å². The van der Waals surface area contributed by atoms with Crippen molar-refractivity contribution in [1.29, 1.82) is 0 Å². The molecule has 1 heterocycles. The van der Waals surface area contributed by atoms with Crippen LogP contribution in [0.5, 0.6) is 5.75 Å². The summed E-state index contributed by atoms with van der Waals surface area (Å²) in [6, 6.07) is 19.1. The van der Waals surface area contributed by atoms with E-state index in [9.17, 15) is 14.0 Å². The second kappa shape index (κ2) is 10.1. The van der Waals surface area contributed by atoms with E-state index in [0.717, 1.165) is 5.56 Å². The summed E-state index contributed by atoms with van der Waals surface area (Å²) in [5.41, 5.74) is 3.54. The summed E-state index contributed by atoms with van der Waals surface area (Å²) >= 11 is 0. The minimum Gasteiger partial charge on any atom is -0.486 e. The number of esters is 1. The van der Waals surface area contributed by atoms with Crippen molar-refractivity contribution in [3.8, 4) is 5.75 Å². The minimum atomic E-state index is -0.482. The molecule has 174 valence electrons. The van der Waals surface area contributed by atoms with Crippen molar-refractivity contribution in [2.75, 3.05) is 17.2 Å². The minimum absolute atomic E-state index is 0.101. The molecule has 0 radical (unpaired) electrons. The van der Waals surface area contributed by atoms with Gasteiger partial charge in [-0.1, -0.05) is 30.3 Å². The summed E-state index contributed by atoms with van der Waals surface area (Å²) in [5.74, 6) is -1.10. The fourth-order valence-electron chi connectivity index (χ4n) is 3.52. The van der Waals surface area contributed by atoms with Gasteiger partial charge in [0.25, 0.3) is 0 Å². The van der Waals surface area contributed by atoms with E-state index in [4.69, 9.17) is 9.47 Å². The number of benzene rings is 3. The molecule has 8 heteroatoms. The maximum Gasteiger partial charge on any atom is 0.354 e. The number of hydrogen-bond donors (Lipinski definition) is 3. The van der Waals surface area contributed by atoms with Gasteiger partial charge < -0.3 is 25.1 Å². The summed E-state index contributed by atoms with van der Waals surface area (Å²) in [6.45, 7) is 3.61. The van der Waals surface area contributed by atoms with Gasteiger partial charge in [0.2, 0.25) is 5.91 Å². The zero-order valence-electron chi connectivity index (χ0n) is 18.8. The number of rotatable bonds is 8. The number of halogens is 1. The SMILES string of the molecule is CCOC(=O)c1cc2c(Nc3ccc(F)c(OCc4ccccc4)c3)cc(NC(C)=O)cc2[nH]1. The average Bonchev–Trinajstić information content (AvgIpc) is 3.24. The molecule has 34 heavy (non-hydrogen) atoms. The van der Waals surface area contributed by atoms with Crippen LogP contribution in [0.15, 0.2) is 66.7 Å². The number of amides is 1. The number of hydrogen-bond acceptors (Lipinski definition) is 5. The van der Waals surface area contributed by atoms with Crippen molar-refractivity contribution < 1.29 is 23.5 Å². The van der Waals surface area contributed by atoms with Crippen LogP contribution in [0, 0.1) is 5.82 Å². The summed E-state index contributed by atoms with van der Waals surface area (Å²) in [5, 5.41) is 6.69. The van der Waals surface area contributed by atoms with E-state index < -0.39 is 11.8 Å². The van der Waals surface area contributed by atoms with E-state index in [1.165, 1.54) is 13.0 Å². The second-order valence-corrected chi connectivity index (χ2v) is 7.61. The molecular formula is C26H24FN3O4. The highest BCUT2D eigenvalue weighted by Gasteiger charge is 2.15. The fraction of sp³-hybridized carbons (Fsp3) is 0.154. The molecule has 3 aromatic carbocycles. The molecule has 0 spiro atoms. The Morgan fingerprint density at radius 1 is 1.00 bits per heavy atom. The molecule has 0 aliphatic heterocycles. The van der Waals surface area contributed by atoms with Crippen LogP contribution >= 0.6 is 0 Å². The van der Waals surface area contributed by atoms with Crippen LogP contribution in [0.4, 0.5) is 21.5 Å². The Labute approximate surface area is 195 Å². The average molecular weight is 461 g/mol.